The number of hydrogen-bond acceptors (Lipinski definition) is 5. The fourth-order valence-corrected chi connectivity index (χ4v) is 4.01. The SMILES string of the molecule is O=C(Nc1ccncc1I)N[C@H]1CCC[C@@H]1NC(=O)c1ccccc1-n1nccn1. The number of para-hydroxylation sites is 1. The molecule has 1 fully saturated rings. The molecule has 2 atom stereocenters. The highest BCUT2D eigenvalue weighted by atomic mass is 127. The number of nitrogens with one attached hydrogen (secondary N) is 3. The summed E-state index contributed by atoms with van der Waals surface area (Å²) in [6.07, 6.45) is 8.95. The van der Waals surface area contributed by atoms with Crippen molar-refractivity contribution in [3.63, 3.8) is 0 Å². The van der Waals surface area contributed by atoms with E-state index < -0.39 is 0 Å². The number of benzene rings is 1. The van der Waals surface area contributed by atoms with Gasteiger partial charge < -0.3 is 16.0 Å². The molecule has 30 heavy (non-hydrogen) atoms. The molecule has 0 spiro atoms. The van der Waals surface area contributed by atoms with Crippen LogP contribution in [0.15, 0.2) is 55.1 Å². The number of aromatic nitrogens is 4. The van der Waals surface area contributed by atoms with Gasteiger partial charge in [-0.05, 0) is 60.1 Å². The summed E-state index contributed by atoms with van der Waals surface area (Å²) in [5.74, 6) is -0.217. The summed E-state index contributed by atoms with van der Waals surface area (Å²) in [5, 5.41) is 17.1. The zero-order chi connectivity index (χ0) is 20.9. The number of hydrogen-bond donors (Lipinski definition) is 3. The number of pyridine rings is 1. The molecule has 0 unspecified atom stereocenters. The van der Waals surface area contributed by atoms with Crippen molar-refractivity contribution in [2.24, 2.45) is 0 Å². The zero-order valence-corrected chi connectivity index (χ0v) is 18.1. The van der Waals surface area contributed by atoms with Gasteiger partial charge in [0.05, 0.1) is 38.9 Å². The number of anilines is 1. The molecule has 4 rings (SSSR count). The number of urea groups is 1. The van der Waals surface area contributed by atoms with E-state index in [0.717, 1.165) is 22.8 Å². The number of halogens is 1. The summed E-state index contributed by atoms with van der Waals surface area (Å²) in [7, 11) is 0. The Balaban J connectivity index is 1.42. The van der Waals surface area contributed by atoms with E-state index in [2.05, 4.69) is 53.7 Å². The van der Waals surface area contributed by atoms with Gasteiger partial charge in [0.15, 0.2) is 0 Å². The highest BCUT2D eigenvalue weighted by Gasteiger charge is 2.30. The van der Waals surface area contributed by atoms with Crippen molar-refractivity contribution in [3.05, 3.63) is 64.3 Å². The summed E-state index contributed by atoms with van der Waals surface area (Å²) in [6, 6.07) is 8.31. The monoisotopic (exact) mass is 517 g/mol. The lowest BCUT2D eigenvalue weighted by Crippen LogP contribution is -2.49. The first-order chi connectivity index (χ1) is 14.6. The van der Waals surface area contributed by atoms with Crippen molar-refractivity contribution in [3.8, 4) is 5.69 Å². The van der Waals surface area contributed by atoms with Crippen LogP contribution in [0.25, 0.3) is 5.69 Å². The van der Waals surface area contributed by atoms with E-state index in [-0.39, 0.29) is 24.0 Å². The minimum atomic E-state index is -0.300. The van der Waals surface area contributed by atoms with Crippen LogP contribution in [-0.2, 0) is 0 Å². The number of carbonyl (C=O) groups is 2. The molecule has 1 aliphatic rings. The van der Waals surface area contributed by atoms with E-state index in [1.54, 1.807) is 49.1 Å². The third kappa shape index (κ3) is 4.58. The van der Waals surface area contributed by atoms with Gasteiger partial charge >= 0.3 is 6.03 Å². The lowest BCUT2D eigenvalue weighted by atomic mass is 10.1. The molecule has 3 N–H and O–H groups in total. The lowest BCUT2D eigenvalue weighted by molar-refractivity contribution is 0.0932. The van der Waals surface area contributed by atoms with Crippen LogP contribution in [0.5, 0.6) is 0 Å². The quantitative estimate of drug-likeness (QED) is 0.451. The van der Waals surface area contributed by atoms with Gasteiger partial charge in [0.2, 0.25) is 0 Å². The van der Waals surface area contributed by atoms with E-state index >= 15 is 0 Å². The highest BCUT2D eigenvalue weighted by Crippen LogP contribution is 2.21. The molecule has 0 bridgehead atoms. The maximum absolute atomic E-state index is 13.0. The van der Waals surface area contributed by atoms with Crippen molar-refractivity contribution in [2.45, 2.75) is 31.3 Å². The van der Waals surface area contributed by atoms with Crippen LogP contribution in [0.4, 0.5) is 10.5 Å². The first-order valence-electron chi connectivity index (χ1n) is 9.55. The predicted molar refractivity (Wildman–Crippen MR) is 119 cm³/mol. The molecule has 2 heterocycles. The zero-order valence-electron chi connectivity index (χ0n) is 16.0. The Morgan fingerprint density at radius 1 is 1.00 bits per heavy atom. The van der Waals surface area contributed by atoms with Crippen molar-refractivity contribution < 1.29 is 9.59 Å². The number of carbonyl (C=O) groups excluding carboxylic acids is 2. The Bertz CT molecular complexity index is 1040. The molecule has 3 amide bonds. The second-order valence-corrected chi connectivity index (χ2v) is 8.07. The maximum Gasteiger partial charge on any atom is 0.319 e. The molecule has 154 valence electrons. The summed E-state index contributed by atoms with van der Waals surface area (Å²) < 4.78 is 0.852. The molecule has 1 saturated carbocycles. The van der Waals surface area contributed by atoms with E-state index in [4.69, 9.17) is 0 Å². The molecule has 1 aromatic carbocycles. The van der Waals surface area contributed by atoms with Gasteiger partial charge in [0, 0.05) is 18.4 Å². The minimum absolute atomic E-state index is 0.150. The molecule has 3 aromatic rings. The van der Waals surface area contributed by atoms with Gasteiger partial charge in [0.25, 0.3) is 5.91 Å². The van der Waals surface area contributed by atoms with Crippen LogP contribution in [0.3, 0.4) is 0 Å². The topological polar surface area (TPSA) is 114 Å². The summed E-state index contributed by atoms with van der Waals surface area (Å²) in [6.45, 7) is 0. The van der Waals surface area contributed by atoms with Crippen molar-refractivity contribution in [1.29, 1.82) is 0 Å². The molecule has 0 aliphatic heterocycles. The maximum atomic E-state index is 13.0. The van der Waals surface area contributed by atoms with Crippen LogP contribution in [0.1, 0.15) is 29.6 Å². The fraction of sp³-hybridized carbons (Fsp3) is 0.250. The van der Waals surface area contributed by atoms with Gasteiger partial charge in [-0.15, -0.1) is 0 Å². The normalized spacial score (nSPS) is 18.0. The molecule has 1 aliphatic carbocycles. The standard InChI is InChI=1S/C20H20IN7O2/c21-14-12-22-9-8-15(14)26-20(30)27-17-6-3-5-16(17)25-19(29)13-4-1-2-7-18(13)28-23-10-11-24-28/h1-2,4,7-12,16-17H,3,5-6H2,(H,25,29)(H2,22,26,27,30)/t16-,17-/m0/s1. The van der Waals surface area contributed by atoms with Crippen LogP contribution in [-0.4, -0.2) is 44.0 Å². The molecule has 0 radical (unpaired) electrons. The Morgan fingerprint density at radius 2 is 1.73 bits per heavy atom. The summed E-state index contributed by atoms with van der Waals surface area (Å²) >= 11 is 2.12. The van der Waals surface area contributed by atoms with Crippen LogP contribution in [0.2, 0.25) is 0 Å². The van der Waals surface area contributed by atoms with Crippen LogP contribution >= 0.6 is 22.6 Å². The Morgan fingerprint density at radius 3 is 2.50 bits per heavy atom. The molecular formula is C20H20IN7O2. The van der Waals surface area contributed by atoms with Gasteiger partial charge in [-0.3, -0.25) is 9.78 Å². The first-order valence-corrected chi connectivity index (χ1v) is 10.6. The number of rotatable bonds is 5. The highest BCUT2D eigenvalue weighted by molar-refractivity contribution is 14.1. The smallest absolute Gasteiger partial charge is 0.319 e. The van der Waals surface area contributed by atoms with Gasteiger partial charge in [-0.1, -0.05) is 12.1 Å². The van der Waals surface area contributed by atoms with E-state index in [1.807, 2.05) is 6.07 Å². The summed E-state index contributed by atoms with van der Waals surface area (Å²) in [5.41, 5.74) is 1.78. The third-order valence-corrected chi connectivity index (χ3v) is 5.81. The third-order valence-electron chi connectivity index (χ3n) is 4.95. The molecule has 0 saturated heterocycles. The minimum Gasteiger partial charge on any atom is -0.347 e. The average molecular weight is 517 g/mol. The van der Waals surface area contributed by atoms with E-state index in [9.17, 15) is 9.59 Å². The molecule has 9 nitrogen and oxygen atoms in total. The number of nitrogens with zero attached hydrogens (tertiary/aromatic N) is 4. The summed E-state index contributed by atoms with van der Waals surface area (Å²) in [4.78, 5) is 30.9. The first kappa shape index (κ1) is 20.3. The van der Waals surface area contributed by atoms with E-state index in [1.165, 1.54) is 4.80 Å². The second kappa shape index (κ2) is 9.20. The van der Waals surface area contributed by atoms with Gasteiger partial charge in [0.1, 0.15) is 0 Å². The lowest BCUT2D eigenvalue weighted by Gasteiger charge is -2.23. The van der Waals surface area contributed by atoms with Crippen molar-refractivity contribution in [2.75, 3.05) is 5.32 Å². The van der Waals surface area contributed by atoms with Crippen molar-refractivity contribution in [1.82, 2.24) is 30.6 Å². The van der Waals surface area contributed by atoms with E-state index in [0.29, 0.717) is 16.9 Å². The van der Waals surface area contributed by atoms with Crippen LogP contribution < -0.4 is 16.0 Å². The largest absolute Gasteiger partial charge is 0.347 e. The Labute approximate surface area is 186 Å². The van der Waals surface area contributed by atoms with Gasteiger partial charge in [-0.25, -0.2) is 4.79 Å². The fourth-order valence-electron chi connectivity index (χ4n) is 3.54. The number of amides is 3. The molecule has 10 heteroatoms. The predicted octanol–water partition coefficient (Wildman–Crippen LogP) is 2.74. The van der Waals surface area contributed by atoms with Crippen molar-refractivity contribution >= 4 is 40.2 Å². The Hall–Kier alpha value is -3.02. The molecular weight excluding hydrogens is 497 g/mol. The van der Waals surface area contributed by atoms with Gasteiger partial charge in [-0.2, -0.15) is 15.0 Å². The average Bonchev–Trinajstić information content (AvgIpc) is 3.42. The second-order valence-electron chi connectivity index (χ2n) is 6.91. The Kier molecular flexibility index (Phi) is 6.21. The molecule has 2 aromatic heterocycles. The van der Waals surface area contributed by atoms with Crippen LogP contribution in [0, 0.1) is 3.57 Å².